The molecule has 4 nitrogen and oxygen atoms in total. The van der Waals surface area contributed by atoms with E-state index in [1.807, 2.05) is 7.05 Å². The van der Waals surface area contributed by atoms with E-state index in [1.165, 1.54) is 19.3 Å². The number of nitrogens with zero attached hydrogens (tertiary/aromatic N) is 2. The standard InChI is InChI=1S/C18H33N3O.ClH/c1-12-11-20(2)8-7-16(12)21(3)18(22)15-9-13-5-4-6-14(10-15)17(13)19;/h12-17H,4-11,19H2,1-3H3;1H. The molecule has 0 spiro atoms. The third-order valence-electron chi connectivity index (χ3n) is 6.67. The van der Waals surface area contributed by atoms with Crippen LogP contribution in [0.4, 0.5) is 0 Å². The number of hydrogen-bond acceptors (Lipinski definition) is 3. The van der Waals surface area contributed by atoms with E-state index in [0.29, 0.717) is 35.7 Å². The van der Waals surface area contributed by atoms with Crippen molar-refractivity contribution in [3.63, 3.8) is 0 Å². The summed E-state index contributed by atoms with van der Waals surface area (Å²) < 4.78 is 0. The fourth-order valence-corrected chi connectivity index (χ4v) is 5.36. The van der Waals surface area contributed by atoms with Crippen LogP contribution in [0.25, 0.3) is 0 Å². The third kappa shape index (κ3) is 3.85. The van der Waals surface area contributed by atoms with Crippen LogP contribution in [0, 0.1) is 23.7 Å². The second-order valence-electron chi connectivity index (χ2n) is 8.24. The van der Waals surface area contributed by atoms with Gasteiger partial charge in [0.15, 0.2) is 0 Å². The molecule has 0 aromatic carbocycles. The number of nitrogens with two attached hydrogens (primary N) is 1. The molecule has 2 N–H and O–H groups in total. The lowest BCUT2D eigenvalue weighted by Gasteiger charge is -2.46. The molecule has 4 unspecified atom stereocenters. The second-order valence-corrected chi connectivity index (χ2v) is 8.24. The Balaban J connectivity index is 0.00000192. The number of fused-ring (bicyclic) bond motifs is 2. The predicted octanol–water partition coefficient (Wildman–Crippen LogP) is 2.36. The zero-order valence-electron chi connectivity index (χ0n) is 14.9. The van der Waals surface area contributed by atoms with Crippen molar-refractivity contribution >= 4 is 18.3 Å². The second kappa shape index (κ2) is 7.71. The van der Waals surface area contributed by atoms with Crippen LogP contribution in [-0.4, -0.2) is 55.0 Å². The van der Waals surface area contributed by atoms with E-state index in [0.717, 1.165) is 32.4 Å². The summed E-state index contributed by atoms with van der Waals surface area (Å²) in [6.07, 6.45) is 6.94. The number of amides is 1. The van der Waals surface area contributed by atoms with Crippen LogP contribution in [0.2, 0.25) is 0 Å². The summed E-state index contributed by atoms with van der Waals surface area (Å²) in [6.45, 7) is 4.49. The van der Waals surface area contributed by atoms with E-state index in [-0.39, 0.29) is 18.3 Å². The van der Waals surface area contributed by atoms with Gasteiger partial charge in [-0.2, -0.15) is 0 Å². The number of rotatable bonds is 2. The predicted molar refractivity (Wildman–Crippen MR) is 96.6 cm³/mol. The zero-order valence-corrected chi connectivity index (χ0v) is 15.7. The molecule has 0 aromatic rings. The summed E-state index contributed by atoms with van der Waals surface area (Å²) in [5.74, 6) is 2.37. The topological polar surface area (TPSA) is 49.6 Å². The van der Waals surface area contributed by atoms with Gasteiger partial charge >= 0.3 is 0 Å². The van der Waals surface area contributed by atoms with Crippen LogP contribution in [0.5, 0.6) is 0 Å². The maximum atomic E-state index is 13.0. The molecule has 5 heteroatoms. The van der Waals surface area contributed by atoms with Gasteiger partial charge in [-0.3, -0.25) is 4.79 Å². The summed E-state index contributed by atoms with van der Waals surface area (Å²) in [4.78, 5) is 17.5. The molecule has 3 rings (SSSR count). The van der Waals surface area contributed by atoms with Gasteiger partial charge in [0.05, 0.1) is 0 Å². The number of likely N-dealkylation sites (tertiary alicyclic amines) is 1. The highest BCUT2D eigenvalue weighted by Crippen LogP contribution is 2.42. The van der Waals surface area contributed by atoms with Crippen molar-refractivity contribution in [1.82, 2.24) is 9.80 Å². The molecule has 134 valence electrons. The van der Waals surface area contributed by atoms with Crippen LogP contribution >= 0.6 is 12.4 Å². The Morgan fingerprint density at radius 3 is 2.35 bits per heavy atom. The molecule has 0 radical (unpaired) electrons. The molecule has 1 heterocycles. The molecule has 2 bridgehead atoms. The lowest BCUT2D eigenvalue weighted by atomic mass is 9.65. The van der Waals surface area contributed by atoms with Crippen molar-refractivity contribution in [2.24, 2.45) is 29.4 Å². The monoisotopic (exact) mass is 343 g/mol. The summed E-state index contributed by atoms with van der Waals surface area (Å²) >= 11 is 0. The van der Waals surface area contributed by atoms with Gasteiger partial charge in [0.2, 0.25) is 5.91 Å². The van der Waals surface area contributed by atoms with Crippen molar-refractivity contribution in [1.29, 1.82) is 0 Å². The number of carbonyl (C=O) groups is 1. The van der Waals surface area contributed by atoms with Gasteiger partial charge < -0.3 is 15.5 Å². The lowest BCUT2D eigenvalue weighted by Crippen LogP contribution is -2.53. The Morgan fingerprint density at radius 1 is 1.17 bits per heavy atom. The van der Waals surface area contributed by atoms with Gasteiger partial charge in [0, 0.05) is 31.6 Å². The number of hydrogen-bond donors (Lipinski definition) is 1. The van der Waals surface area contributed by atoms with Crippen LogP contribution in [0.15, 0.2) is 0 Å². The molecule has 1 saturated heterocycles. The summed E-state index contributed by atoms with van der Waals surface area (Å²) in [5.41, 5.74) is 6.37. The van der Waals surface area contributed by atoms with Crippen LogP contribution in [0.1, 0.15) is 45.4 Å². The fourth-order valence-electron chi connectivity index (χ4n) is 5.36. The zero-order chi connectivity index (χ0) is 15.9. The molecular weight excluding hydrogens is 310 g/mol. The molecule has 2 saturated carbocycles. The van der Waals surface area contributed by atoms with Gasteiger partial charge in [-0.15, -0.1) is 12.4 Å². The first-order valence-corrected chi connectivity index (χ1v) is 9.18. The number of halogens is 1. The van der Waals surface area contributed by atoms with Crippen LogP contribution < -0.4 is 5.73 Å². The Kier molecular flexibility index (Phi) is 6.37. The Morgan fingerprint density at radius 2 is 1.78 bits per heavy atom. The highest BCUT2D eigenvalue weighted by atomic mass is 35.5. The normalized spacial score (nSPS) is 41.0. The highest BCUT2D eigenvalue weighted by Gasteiger charge is 2.42. The first-order valence-electron chi connectivity index (χ1n) is 9.18. The van der Waals surface area contributed by atoms with E-state index < -0.39 is 0 Å². The van der Waals surface area contributed by atoms with E-state index in [9.17, 15) is 4.79 Å². The smallest absolute Gasteiger partial charge is 0.225 e. The minimum atomic E-state index is 0. The lowest BCUT2D eigenvalue weighted by molar-refractivity contribution is -0.141. The number of carbonyl (C=O) groups excluding carboxylic acids is 1. The molecule has 23 heavy (non-hydrogen) atoms. The van der Waals surface area contributed by atoms with Gasteiger partial charge in [-0.05, 0) is 63.5 Å². The molecule has 3 aliphatic rings. The van der Waals surface area contributed by atoms with Crippen molar-refractivity contribution < 1.29 is 4.79 Å². The minimum absolute atomic E-state index is 0. The summed E-state index contributed by atoms with van der Waals surface area (Å²) in [7, 11) is 4.22. The van der Waals surface area contributed by atoms with Gasteiger partial charge in [0.25, 0.3) is 0 Å². The molecule has 4 atom stereocenters. The third-order valence-corrected chi connectivity index (χ3v) is 6.67. The van der Waals surface area contributed by atoms with Crippen molar-refractivity contribution in [2.45, 2.75) is 57.5 Å². The average molecular weight is 344 g/mol. The Bertz CT molecular complexity index is 405. The molecule has 1 aliphatic heterocycles. The minimum Gasteiger partial charge on any atom is -0.342 e. The first kappa shape index (κ1) is 19.0. The van der Waals surface area contributed by atoms with Crippen molar-refractivity contribution in [3.05, 3.63) is 0 Å². The van der Waals surface area contributed by atoms with Gasteiger partial charge in [-0.25, -0.2) is 0 Å². The fraction of sp³-hybridized carbons (Fsp3) is 0.944. The first-order chi connectivity index (χ1) is 10.5. The SMILES string of the molecule is CC1CN(C)CCC1N(C)C(=O)C1CC2CCCC(C1)C2N.Cl. The maximum absolute atomic E-state index is 13.0. The maximum Gasteiger partial charge on any atom is 0.225 e. The van der Waals surface area contributed by atoms with Crippen LogP contribution in [-0.2, 0) is 4.79 Å². The van der Waals surface area contributed by atoms with E-state index in [1.54, 1.807) is 0 Å². The molecule has 3 fully saturated rings. The van der Waals surface area contributed by atoms with Crippen molar-refractivity contribution in [2.75, 3.05) is 27.2 Å². The molecule has 2 aliphatic carbocycles. The Hall–Kier alpha value is -0.320. The van der Waals surface area contributed by atoms with E-state index >= 15 is 0 Å². The van der Waals surface area contributed by atoms with Crippen LogP contribution in [0.3, 0.4) is 0 Å². The summed E-state index contributed by atoms with van der Waals surface area (Å²) in [5, 5.41) is 0. The molecule has 0 aromatic heterocycles. The largest absolute Gasteiger partial charge is 0.342 e. The average Bonchev–Trinajstić information content (AvgIpc) is 2.45. The molecular formula is C18H34ClN3O. The highest BCUT2D eigenvalue weighted by molar-refractivity contribution is 5.85. The van der Waals surface area contributed by atoms with Gasteiger partial charge in [-0.1, -0.05) is 13.3 Å². The Labute approximate surface area is 147 Å². The molecule has 1 amide bonds. The van der Waals surface area contributed by atoms with Crippen molar-refractivity contribution in [3.8, 4) is 0 Å². The van der Waals surface area contributed by atoms with E-state index in [4.69, 9.17) is 5.73 Å². The van der Waals surface area contributed by atoms with Gasteiger partial charge in [0.1, 0.15) is 0 Å². The van der Waals surface area contributed by atoms with E-state index in [2.05, 4.69) is 23.8 Å². The summed E-state index contributed by atoms with van der Waals surface area (Å²) in [6, 6.07) is 0.768. The number of piperidine rings is 1. The quantitative estimate of drug-likeness (QED) is 0.837.